The maximum atomic E-state index is 6.16. The first-order chi connectivity index (χ1) is 5.64. The Hall–Kier alpha value is -0.300. The van der Waals surface area contributed by atoms with E-state index in [-0.39, 0.29) is 0 Å². The molecule has 0 radical (unpaired) electrons. The van der Waals surface area contributed by atoms with Crippen molar-refractivity contribution in [3.63, 3.8) is 0 Å². The third kappa shape index (κ3) is 0.957. The molecule has 0 aromatic carbocycles. The predicted molar refractivity (Wildman–Crippen MR) is 51.8 cm³/mol. The van der Waals surface area contributed by atoms with Gasteiger partial charge >= 0.3 is 0 Å². The van der Waals surface area contributed by atoms with Gasteiger partial charge in [0.2, 0.25) is 0 Å². The van der Waals surface area contributed by atoms with Gasteiger partial charge in [0.1, 0.15) is 0 Å². The van der Waals surface area contributed by atoms with Gasteiger partial charge in [-0.1, -0.05) is 18.6 Å². The van der Waals surface area contributed by atoms with Crippen molar-refractivity contribution in [2.24, 2.45) is 17.1 Å². The molecule has 2 aliphatic rings. The average molecular weight is 165 g/mol. The zero-order valence-corrected chi connectivity index (χ0v) is 8.14. The summed E-state index contributed by atoms with van der Waals surface area (Å²) in [4.78, 5) is 0. The molecule has 0 spiro atoms. The van der Waals surface area contributed by atoms with E-state index in [4.69, 9.17) is 5.73 Å². The zero-order chi connectivity index (χ0) is 8.77. The number of allylic oxidation sites excluding steroid dienone is 2. The number of hydrogen-bond donors (Lipinski definition) is 1. The second kappa shape index (κ2) is 2.59. The Bertz CT molecular complexity index is 219. The van der Waals surface area contributed by atoms with Crippen LogP contribution in [-0.2, 0) is 0 Å². The van der Waals surface area contributed by atoms with Crippen LogP contribution in [0.15, 0.2) is 11.6 Å². The van der Waals surface area contributed by atoms with Gasteiger partial charge in [-0.3, -0.25) is 0 Å². The van der Waals surface area contributed by atoms with Gasteiger partial charge < -0.3 is 5.73 Å². The van der Waals surface area contributed by atoms with E-state index in [1.165, 1.54) is 25.7 Å². The molecule has 0 saturated heterocycles. The molecule has 12 heavy (non-hydrogen) atoms. The van der Waals surface area contributed by atoms with E-state index in [9.17, 15) is 0 Å². The van der Waals surface area contributed by atoms with Crippen molar-refractivity contribution >= 4 is 0 Å². The van der Waals surface area contributed by atoms with Gasteiger partial charge in [0.15, 0.2) is 0 Å². The SMILES string of the molecule is CC1=CCCC2(C)C(N)CCC12. The lowest BCUT2D eigenvalue weighted by molar-refractivity contribution is 0.200. The second-order valence-electron chi connectivity index (χ2n) is 4.73. The first-order valence-corrected chi connectivity index (χ1v) is 5.07. The highest BCUT2D eigenvalue weighted by atomic mass is 14.7. The number of fused-ring (bicyclic) bond motifs is 1. The molecule has 2 N–H and O–H groups in total. The van der Waals surface area contributed by atoms with Gasteiger partial charge in [-0.2, -0.15) is 0 Å². The highest BCUT2D eigenvalue weighted by molar-refractivity contribution is 5.18. The van der Waals surface area contributed by atoms with E-state index in [1.807, 2.05) is 0 Å². The van der Waals surface area contributed by atoms with Gasteiger partial charge in [0.05, 0.1) is 0 Å². The molecule has 0 aromatic heterocycles. The minimum atomic E-state index is 0.429. The molecule has 0 amide bonds. The van der Waals surface area contributed by atoms with Crippen molar-refractivity contribution in [2.75, 3.05) is 0 Å². The third-order valence-electron chi connectivity index (χ3n) is 4.11. The van der Waals surface area contributed by atoms with Crippen LogP contribution in [0.5, 0.6) is 0 Å². The van der Waals surface area contributed by atoms with Crippen molar-refractivity contribution in [2.45, 2.75) is 45.6 Å². The van der Waals surface area contributed by atoms with E-state index in [0.29, 0.717) is 11.5 Å². The minimum absolute atomic E-state index is 0.429. The van der Waals surface area contributed by atoms with Crippen LogP contribution in [0.1, 0.15) is 39.5 Å². The van der Waals surface area contributed by atoms with E-state index in [0.717, 1.165) is 5.92 Å². The molecule has 0 heterocycles. The lowest BCUT2D eigenvalue weighted by Gasteiger charge is -2.38. The largest absolute Gasteiger partial charge is 0.327 e. The Kier molecular flexibility index (Phi) is 1.80. The molecule has 3 atom stereocenters. The van der Waals surface area contributed by atoms with Crippen molar-refractivity contribution in [1.29, 1.82) is 0 Å². The van der Waals surface area contributed by atoms with Crippen molar-refractivity contribution in [1.82, 2.24) is 0 Å². The quantitative estimate of drug-likeness (QED) is 0.548. The summed E-state index contributed by atoms with van der Waals surface area (Å²) in [6, 6.07) is 0.450. The summed E-state index contributed by atoms with van der Waals surface area (Å²) >= 11 is 0. The van der Waals surface area contributed by atoms with Crippen LogP contribution in [0.2, 0.25) is 0 Å². The maximum Gasteiger partial charge on any atom is 0.00989 e. The predicted octanol–water partition coefficient (Wildman–Crippen LogP) is 2.47. The zero-order valence-electron chi connectivity index (χ0n) is 8.14. The average Bonchev–Trinajstić information content (AvgIpc) is 2.30. The van der Waals surface area contributed by atoms with Gasteiger partial charge in [0.25, 0.3) is 0 Å². The molecule has 0 bridgehead atoms. The normalized spacial score (nSPS) is 47.1. The molecule has 1 fully saturated rings. The molecular weight excluding hydrogens is 146 g/mol. The topological polar surface area (TPSA) is 26.0 Å². The standard InChI is InChI=1S/C11H19N/c1-8-4-3-7-11(2)9(8)5-6-10(11)12/h4,9-10H,3,5-7,12H2,1-2H3. The summed E-state index contributed by atoms with van der Waals surface area (Å²) in [7, 11) is 0. The van der Waals surface area contributed by atoms with E-state index < -0.39 is 0 Å². The van der Waals surface area contributed by atoms with Crippen LogP contribution in [0.4, 0.5) is 0 Å². The first-order valence-electron chi connectivity index (χ1n) is 5.07. The lowest BCUT2D eigenvalue weighted by Crippen LogP contribution is -2.40. The van der Waals surface area contributed by atoms with Crippen LogP contribution < -0.4 is 5.73 Å². The Morgan fingerprint density at radius 1 is 1.50 bits per heavy atom. The highest BCUT2D eigenvalue weighted by Crippen LogP contribution is 2.51. The van der Waals surface area contributed by atoms with Crippen molar-refractivity contribution in [3.8, 4) is 0 Å². The number of hydrogen-bond acceptors (Lipinski definition) is 1. The van der Waals surface area contributed by atoms with Crippen LogP contribution in [0.25, 0.3) is 0 Å². The monoisotopic (exact) mass is 165 g/mol. The fraction of sp³-hybridized carbons (Fsp3) is 0.818. The van der Waals surface area contributed by atoms with Gasteiger partial charge in [-0.15, -0.1) is 0 Å². The van der Waals surface area contributed by atoms with E-state index >= 15 is 0 Å². The van der Waals surface area contributed by atoms with Gasteiger partial charge in [-0.05, 0) is 43.9 Å². The molecule has 0 aliphatic heterocycles. The number of nitrogens with two attached hydrogens (primary N) is 1. The van der Waals surface area contributed by atoms with Crippen LogP contribution in [-0.4, -0.2) is 6.04 Å². The summed E-state index contributed by atoms with van der Waals surface area (Å²) < 4.78 is 0. The molecule has 68 valence electrons. The lowest BCUT2D eigenvalue weighted by atomic mass is 9.68. The first kappa shape index (κ1) is 8.31. The van der Waals surface area contributed by atoms with E-state index in [1.54, 1.807) is 5.57 Å². The van der Waals surface area contributed by atoms with Gasteiger partial charge in [0, 0.05) is 6.04 Å². The van der Waals surface area contributed by atoms with Crippen molar-refractivity contribution < 1.29 is 0 Å². The van der Waals surface area contributed by atoms with Crippen LogP contribution in [0, 0.1) is 11.3 Å². The molecule has 2 aliphatic carbocycles. The molecule has 1 saturated carbocycles. The smallest absolute Gasteiger partial charge is 0.00989 e. The Labute approximate surface area is 75.0 Å². The van der Waals surface area contributed by atoms with Crippen LogP contribution in [0.3, 0.4) is 0 Å². The van der Waals surface area contributed by atoms with Crippen molar-refractivity contribution in [3.05, 3.63) is 11.6 Å². The maximum absolute atomic E-state index is 6.16. The molecular formula is C11H19N. The summed E-state index contributed by atoms with van der Waals surface area (Å²) in [6.07, 6.45) is 7.50. The Morgan fingerprint density at radius 3 is 2.92 bits per heavy atom. The van der Waals surface area contributed by atoms with Crippen LogP contribution >= 0.6 is 0 Å². The summed E-state index contributed by atoms with van der Waals surface area (Å²) in [5, 5.41) is 0. The highest BCUT2D eigenvalue weighted by Gasteiger charge is 2.45. The Balaban J connectivity index is 2.31. The summed E-state index contributed by atoms with van der Waals surface area (Å²) in [5.74, 6) is 0.793. The molecule has 3 unspecified atom stereocenters. The molecule has 2 rings (SSSR count). The summed E-state index contributed by atoms with van der Waals surface area (Å²) in [5.41, 5.74) is 8.18. The fourth-order valence-corrected chi connectivity index (χ4v) is 3.12. The van der Waals surface area contributed by atoms with E-state index in [2.05, 4.69) is 19.9 Å². The third-order valence-corrected chi connectivity index (χ3v) is 4.11. The fourth-order valence-electron chi connectivity index (χ4n) is 3.12. The minimum Gasteiger partial charge on any atom is -0.327 e. The molecule has 1 heteroatoms. The molecule has 0 aromatic rings. The Morgan fingerprint density at radius 2 is 2.25 bits per heavy atom. The second-order valence-corrected chi connectivity index (χ2v) is 4.73. The molecule has 1 nitrogen and oxygen atoms in total. The number of rotatable bonds is 0. The summed E-state index contributed by atoms with van der Waals surface area (Å²) in [6.45, 7) is 4.66. The van der Waals surface area contributed by atoms with Gasteiger partial charge in [-0.25, -0.2) is 0 Å².